The maximum Gasteiger partial charge on any atom is 0.315 e. The van der Waals surface area contributed by atoms with Crippen LogP contribution >= 0.6 is 0 Å². The highest BCUT2D eigenvalue weighted by molar-refractivity contribution is 6.07. The lowest BCUT2D eigenvalue weighted by atomic mass is 9.92. The predicted octanol–water partition coefficient (Wildman–Crippen LogP) is 5.87. The molecule has 14 nitrogen and oxygen atoms in total. The molecule has 5 amide bonds. The molecular weight excluding hydrogens is 723 g/mol. The molecule has 2 unspecified atom stereocenters. The Morgan fingerprint density at radius 3 is 2.68 bits per heavy atom. The van der Waals surface area contributed by atoms with Crippen LogP contribution in [0.5, 0.6) is 5.75 Å². The molecule has 1 saturated heterocycles. The molecule has 8 rings (SSSR count). The summed E-state index contributed by atoms with van der Waals surface area (Å²) in [6, 6.07) is 22.3. The van der Waals surface area contributed by atoms with Gasteiger partial charge < -0.3 is 40.5 Å². The second-order valence-corrected chi connectivity index (χ2v) is 14.6. The smallest absolute Gasteiger partial charge is 0.315 e. The molecule has 0 saturated carbocycles. The van der Waals surface area contributed by atoms with Gasteiger partial charge in [-0.2, -0.15) is 0 Å². The highest BCUT2D eigenvalue weighted by Gasteiger charge is 2.37. The average molecular weight is 768 g/mol. The van der Waals surface area contributed by atoms with Gasteiger partial charge in [0.05, 0.1) is 42.1 Å². The van der Waals surface area contributed by atoms with Crippen molar-refractivity contribution in [1.82, 2.24) is 45.7 Å². The molecule has 2 aliphatic rings. The van der Waals surface area contributed by atoms with Gasteiger partial charge in [-0.1, -0.05) is 55.5 Å². The number of imidazole rings is 2. The summed E-state index contributed by atoms with van der Waals surface area (Å²) >= 11 is 0. The standard InChI is InChI=1S/C43H45N9O5/c1-4-25(2)52(38(54)21-45-24-53)22-37-46-20-34(47-37)28-12-14-30-29(17-28)23-57-36-19-31-27(18-32(30)36)13-15-33-40(31)49-41(48-33)35-11-8-16-51(35)42(55)39(50-43(56)44-3)26-9-6-5-7-10-26/h5-7,9-10,12-15,17-20,24-25,35,39H,4,8,11,16,21-23H2,1-3H3,(H,45,53)(H,46,47)(H,48,49)(H2,44,50,56)/t25-,35?,39?/m0/s1. The van der Waals surface area contributed by atoms with E-state index in [1.165, 1.54) is 7.05 Å². The van der Waals surface area contributed by atoms with Gasteiger partial charge in [0.1, 0.15) is 30.0 Å². The number of H-pyrrole nitrogens is 2. The molecule has 2 aromatic heterocycles. The van der Waals surface area contributed by atoms with Gasteiger partial charge in [0, 0.05) is 30.6 Å². The van der Waals surface area contributed by atoms with E-state index in [0.717, 1.165) is 74.8 Å². The Hall–Kier alpha value is -6.70. The summed E-state index contributed by atoms with van der Waals surface area (Å²) in [6.45, 7) is 5.18. The van der Waals surface area contributed by atoms with Crippen molar-refractivity contribution in [2.75, 3.05) is 20.1 Å². The second kappa shape index (κ2) is 15.8. The summed E-state index contributed by atoms with van der Waals surface area (Å²) < 4.78 is 6.39. The zero-order chi connectivity index (χ0) is 39.6. The number of fused-ring (bicyclic) bond motifs is 6. The van der Waals surface area contributed by atoms with Crippen LogP contribution in [0.3, 0.4) is 0 Å². The number of ether oxygens (including phenoxy) is 1. The third-order valence-corrected chi connectivity index (χ3v) is 11.1. The molecule has 5 N–H and O–H groups in total. The second-order valence-electron chi connectivity index (χ2n) is 14.6. The van der Waals surface area contributed by atoms with Gasteiger partial charge >= 0.3 is 6.03 Å². The normalized spacial score (nSPS) is 15.6. The number of benzene rings is 4. The average Bonchev–Trinajstić information content (AvgIpc) is 4.03. The molecule has 4 aromatic carbocycles. The fraction of sp³-hybridized carbons (Fsp3) is 0.302. The van der Waals surface area contributed by atoms with Crippen LogP contribution in [0, 0.1) is 0 Å². The summed E-state index contributed by atoms with van der Waals surface area (Å²) in [7, 11) is 1.53. The Kier molecular flexibility index (Phi) is 10.3. The van der Waals surface area contributed by atoms with Gasteiger partial charge in [-0.05, 0) is 78.1 Å². The SMILES string of the molecule is CC[C@H](C)N(Cc1ncc(-c2ccc3c(c2)COc2cc4c(ccc5[nH]c(C6CCCN6C(=O)C(NC(=O)NC)c6ccccc6)nc54)cc2-3)[nH]1)C(=O)CNC=O. The van der Waals surface area contributed by atoms with Crippen molar-refractivity contribution in [3.63, 3.8) is 0 Å². The zero-order valence-corrected chi connectivity index (χ0v) is 32.1. The number of aromatic amines is 2. The molecule has 0 aliphatic carbocycles. The van der Waals surface area contributed by atoms with E-state index in [4.69, 9.17) is 9.72 Å². The van der Waals surface area contributed by atoms with Crippen molar-refractivity contribution < 1.29 is 23.9 Å². The Morgan fingerprint density at radius 2 is 1.89 bits per heavy atom. The van der Waals surface area contributed by atoms with E-state index in [1.54, 1.807) is 11.1 Å². The lowest BCUT2D eigenvalue weighted by Crippen LogP contribution is -2.45. The summed E-state index contributed by atoms with van der Waals surface area (Å²) in [5, 5.41) is 9.84. The molecule has 1 fully saturated rings. The largest absolute Gasteiger partial charge is 0.488 e. The first-order valence-corrected chi connectivity index (χ1v) is 19.3. The number of hydrogen-bond acceptors (Lipinski definition) is 7. The Bertz CT molecular complexity index is 2480. The third-order valence-electron chi connectivity index (χ3n) is 11.1. The number of urea groups is 1. The Morgan fingerprint density at radius 1 is 1.05 bits per heavy atom. The summed E-state index contributed by atoms with van der Waals surface area (Å²) in [4.78, 5) is 70.2. The first-order valence-electron chi connectivity index (χ1n) is 19.3. The minimum absolute atomic E-state index is 0.0191. The molecule has 292 valence electrons. The van der Waals surface area contributed by atoms with E-state index in [-0.39, 0.29) is 30.4 Å². The van der Waals surface area contributed by atoms with Gasteiger partial charge in [0.2, 0.25) is 18.2 Å². The fourth-order valence-corrected chi connectivity index (χ4v) is 7.94. The number of carbonyl (C=O) groups excluding carboxylic acids is 4. The molecule has 4 heterocycles. The van der Waals surface area contributed by atoms with Crippen LogP contribution < -0.4 is 20.7 Å². The zero-order valence-electron chi connectivity index (χ0n) is 32.1. The van der Waals surface area contributed by atoms with Gasteiger partial charge in [-0.15, -0.1) is 0 Å². The minimum atomic E-state index is -0.836. The molecule has 0 spiro atoms. The maximum absolute atomic E-state index is 14.1. The van der Waals surface area contributed by atoms with Crippen LogP contribution in [0.25, 0.3) is 44.2 Å². The van der Waals surface area contributed by atoms with Gasteiger partial charge in [0.15, 0.2) is 0 Å². The van der Waals surface area contributed by atoms with Gasteiger partial charge in [-0.3, -0.25) is 14.4 Å². The topological polar surface area (TPSA) is 177 Å². The van der Waals surface area contributed by atoms with Crippen molar-refractivity contribution in [1.29, 1.82) is 0 Å². The summed E-state index contributed by atoms with van der Waals surface area (Å²) in [5.41, 5.74) is 7.29. The van der Waals surface area contributed by atoms with Crippen molar-refractivity contribution in [3.8, 4) is 28.1 Å². The first kappa shape index (κ1) is 37.2. The quantitative estimate of drug-likeness (QED) is 0.0967. The van der Waals surface area contributed by atoms with Crippen LogP contribution in [-0.4, -0.2) is 80.2 Å². The predicted molar refractivity (Wildman–Crippen MR) is 216 cm³/mol. The summed E-state index contributed by atoms with van der Waals surface area (Å²) in [5.74, 6) is 1.79. The number of nitrogens with zero attached hydrogens (tertiary/aromatic N) is 4. The number of likely N-dealkylation sites (tertiary alicyclic amines) is 1. The van der Waals surface area contributed by atoms with Crippen LogP contribution in [0.4, 0.5) is 4.79 Å². The number of rotatable bonds is 12. The van der Waals surface area contributed by atoms with Gasteiger partial charge in [0.25, 0.3) is 0 Å². The Balaban J connectivity index is 1.05. The van der Waals surface area contributed by atoms with E-state index in [1.807, 2.05) is 55.1 Å². The highest BCUT2D eigenvalue weighted by Crippen LogP contribution is 2.43. The molecule has 3 atom stereocenters. The molecule has 0 radical (unpaired) electrons. The van der Waals surface area contributed by atoms with Crippen LogP contribution in [0.2, 0.25) is 0 Å². The van der Waals surface area contributed by atoms with Crippen molar-refractivity contribution in [2.24, 2.45) is 0 Å². The van der Waals surface area contributed by atoms with Crippen molar-refractivity contribution in [3.05, 3.63) is 102 Å². The highest BCUT2D eigenvalue weighted by atomic mass is 16.5. The fourth-order valence-electron chi connectivity index (χ4n) is 7.94. The molecule has 14 heteroatoms. The van der Waals surface area contributed by atoms with Crippen LogP contribution in [0.1, 0.15) is 68.0 Å². The van der Waals surface area contributed by atoms with Crippen LogP contribution in [0.15, 0.2) is 79.0 Å². The first-order chi connectivity index (χ1) is 27.8. The maximum atomic E-state index is 14.1. The molecule has 57 heavy (non-hydrogen) atoms. The molecule has 0 bridgehead atoms. The monoisotopic (exact) mass is 767 g/mol. The van der Waals surface area contributed by atoms with E-state index in [9.17, 15) is 19.2 Å². The van der Waals surface area contributed by atoms with Crippen molar-refractivity contribution in [2.45, 2.75) is 64.4 Å². The van der Waals surface area contributed by atoms with E-state index >= 15 is 0 Å². The number of nitrogens with one attached hydrogen (secondary N) is 5. The third kappa shape index (κ3) is 7.26. The number of aromatic nitrogens is 4. The van der Waals surface area contributed by atoms with E-state index in [0.29, 0.717) is 43.3 Å². The lowest BCUT2D eigenvalue weighted by molar-refractivity contribution is -0.134. The Labute approximate surface area is 329 Å². The molecule has 2 aliphatic heterocycles. The number of carbonyl (C=O) groups is 4. The number of hydrogen-bond donors (Lipinski definition) is 5. The van der Waals surface area contributed by atoms with E-state index in [2.05, 4.69) is 67.3 Å². The summed E-state index contributed by atoms with van der Waals surface area (Å²) in [6.07, 6.45) is 4.64. The minimum Gasteiger partial charge on any atom is -0.488 e. The van der Waals surface area contributed by atoms with Crippen LogP contribution in [-0.2, 0) is 27.5 Å². The van der Waals surface area contributed by atoms with Crippen molar-refractivity contribution >= 4 is 46.1 Å². The van der Waals surface area contributed by atoms with Gasteiger partial charge in [-0.25, -0.2) is 14.8 Å². The van der Waals surface area contributed by atoms with E-state index < -0.39 is 12.1 Å². The lowest BCUT2D eigenvalue weighted by Gasteiger charge is -2.28. The molecule has 6 aromatic rings. The molecular formula is C43H45N9O5. The number of amides is 5.